The first-order valence-electron chi connectivity index (χ1n) is 9.67. The third-order valence-corrected chi connectivity index (χ3v) is 5.65. The topological polar surface area (TPSA) is 44.8 Å². The maximum atomic E-state index is 11.5. The summed E-state index contributed by atoms with van der Waals surface area (Å²) in [5.74, 6) is 6.81. The Hall–Kier alpha value is -1.31. The van der Waals surface area contributed by atoms with Gasteiger partial charge in [0.1, 0.15) is 6.10 Å². The highest BCUT2D eigenvalue weighted by Crippen LogP contribution is 2.42. The Bertz CT molecular complexity index is 552. The van der Waals surface area contributed by atoms with Gasteiger partial charge in [0.05, 0.1) is 12.0 Å². The molecule has 1 aliphatic carbocycles. The summed E-state index contributed by atoms with van der Waals surface area (Å²) in [6, 6.07) is 0. The van der Waals surface area contributed by atoms with Crippen LogP contribution in [0.25, 0.3) is 0 Å². The van der Waals surface area contributed by atoms with E-state index in [0.717, 1.165) is 51.6 Å². The minimum absolute atomic E-state index is 0.0408. The first-order chi connectivity index (χ1) is 12.1. The zero-order valence-corrected chi connectivity index (χ0v) is 15.5. The molecule has 0 bridgehead atoms. The average Bonchev–Trinajstić information content (AvgIpc) is 3.13. The molecule has 4 heteroatoms. The van der Waals surface area contributed by atoms with Gasteiger partial charge in [-0.05, 0) is 58.3 Å². The minimum atomic E-state index is -0.382. The van der Waals surface area contributed by atoms with Crippen molar-refractivity contribution in [1.82, 2.24) is 0 Å². The Balaban J connectivity index is 1.65. The van der Waals surface area contributed by atoms with E-state index in [1.54, 1.807) is 0 Å². The van der Waals surface area contributed by atoms with Gasteiger partial charge in [-0.15, -0.1) is 11.8 Å². The van der Waals surface area contributed by atoms with Crippen LogP contribution >= 0.6 is 0 Å². The number of rotatable bonds is 6. The fourth-order valence-electron chi connectivity index (χ4n) is 4.19. The number of esters is 1. The number of allylic oxidation sites excluding steroid dienone is 1. The van der Waals surface area contributed by atoms with Crippen molar-refractivity contribution in [2.45, 2.75) is 83.2 Å². The molecule has 2 saturated heterocycles. The number of hydrogen-bond donors (Lipinski definition) is 0. The van der Waals surface area contributed by atoms with E-state index in [1.807, 2.05) is 6.92 Å². The van der Waals surface area contributed by atoms with Crippen LogP contribution < -0.4 is 0 Å². The van der Waals surface area contributed by atoms with Crippen molar-refractivity contribution < 1.29 is 19.0 Å². The lowest BCUT2D eigenvalue weighted by atomic mass is 9.90. The molecule has 3 rings (SSSR count). The minimum Gasteiger partial charge on any atom is -0.462 e. The van der Waals surface area contributed by atoms with Gasteiger partial charge >= 0.3 is 5.97 Å². The van der Waals surface area contributed by atoms with Crippen molar-refractivity contribution in [3.8, 4) is 11.8 Å². The molecular formula is C21H30O4. The second-order valence-corrected chi connectivity index (χ2v) is 7.65. The van der Waals surface area contributed by atoms with Crippen LogP contribution in [0, 0.1) is 23.7 Å². The third kappa shape index (κ3) is 4.86. The molecular weight excluding hydrogens is 316 g/mol. The van der Waals surface area contributed by atoms with Gasteiger partial charge in [0.25, 0.3) is 0 Å². The van der Waals surface area contributed by atoms with Gasteiger partial charge in [0, 0.05) is 18.9 Å². The SMILES string of the molecule is CC#CCCC(C)(C=C[C@H]1CC[C@@H]2OC(=O)C[C@@H]21)OC1CCCCO1. The maximum Gasteiger partial charge on any atom is 0.306 e. The zero-order valence-electron chi connectivity index (χ0n) is 15.5. The summed E-state index contributed by atoms with van der Waals surface area (Å²) in [5, 5.41) is 0. The van der Waals surface area contributed by atoms with Crippen molar-refractivity contribution in [3.63, 3.8) is 0 Å². The van der Waals surface area contributed by atoms with Crippen LogP contribution in [0.15, 0.2) is 12.2 Å². The van der Waals surface area contributed by atoms with Gasteiger partial charge in [0.2, 0.25) is 0 Å². The third-order valence-electron chi connectivity index (χ3n) is 5.65. The van der Waals surface area contributed by atoms with Gasteiger partial charge in [-0.3, -0.25) is 4.79 Å². The average molecular weight is 346 g/mol. The molecule has 4 nitrogen and oxygen atoms in total. The predicted molar refractivity (Wildman–Crippen MR) is 95.6 cm³/mol. The summed E-state index contributed by atoms with van der Waals surface area (Å²) in [7, 11) is 0. The Morgan fingerprint density at radius 1 is 1.32 bits per heavy atom. The van der Waals surface area contributed by atoms with Gasteiger partial charge in [-0.25, -0.2) is 0 Å². The summed E-state index contributed by atoms with van der Waals surface area (Å²) in [4.78, 5) is 11.5. The molecule has 0 N–H and O–H groups in total. The second-order valence-electron chi connectivity index (χ2n) is 7.65. The van der Waals surface area contributed by atoms with Crippen LogP contribution in [0.5, 0.6) is 0 Å². The number of carbonyl (C=O) groups excluding carboxylic acids is 1. The summed E-state index contributed by atoms with van der Waals surface area (Å²) in [6.07, 6.45) is 12.0. The van der Waals surface area contributed by atoms with E-state index in [2.05, 4.69) is 30.9 Å². The van der Waals surface area contributed by atoms with Crippen molar-refractivity contribution >= 4 is 5.97 Å². The predicted octanol–water partition coefficient (Wildman–Crippen LogP) is 3.99. The lowest BCUT2D eigenvalue weighted by Gasteiger charge is -2.33. The molecule has 0 aromatic rings. The van der Waals surface area contributed by atoms with Crippen LogP contribution in [0.3, 0.4) is 0 Å². The van der Waals surface area contributed by atoms with E-state index in [0.29, 0.717) is 18.3 Å². The maximum absolute atomic E-state index is 11.5. The number of fused-ring (bicyclic) bond motifs is 1. The van der Waals surface area contributed by atoms with Crippen LogP contribution in [0.2, 0.25) is 0 Å². The lowest BCUT2D eigenvalue weighted by molar-refractivity contribution is -0.207. The highest BCUT2D eigenvalue weighted by Gasteiger charge is 2.44. The summed E-state index contributed by atoms with van der Waals surface area (Å²) in [5.41, 5.74) is -0.382. The van der Waals surface area contributed by atoms with Crippen LogP contribution in [0.1, 0.15) is 65.2 Å². The monoisotopic (exact) mass is 346 g/mol. The molecule has 3 aliphatic rings. The molecule has 2 heterocycles. The molecule has 1 saturated carbocycles. The van der Waals surface area contributed by atoms with Crippen molar-refractivity contribution in [3.05, 3.63) is 12.2 Å². The molecule has 2 aliphatic heterocycles. The molecule has 5 atom stereocenters. The normalized spacial score (nSPS) is 34.2. The fourth-order valence-corrected chi connectivity index (χ4v) is 4.19. The highest BCUT2D eigenvalue weighted by molar-refractivity contribution is 5.72. The van der Waals surface area contributed by atoms with Crippen LogP contribution in [0.4, 0.5) is 0 Å². The summed E-state index contributed by atoms with van der Waals surface area (Å²) >= 11 is 0. The van der Waals surface area contributed by atoms with E-state index in [4.69, 9.17) is 14.2 Å². The molecule has 3 fully saturated rings. The zero-order chi connectivity index (χ0) is 17.7. The Morgan fingerprint density at radius 3 is 2.96 bits per heavy atom. The van der Waals surface area contributed by atoms with E-state index in [9.17, 15) is 4.79 Å². The molecule has 0 radical (unpaired) electrons. The highest BCUT2D eigenvalue weighted by atomic mass is 16.7. The summed E-state index contributed by atoms with van der Waals surface area (Å²) < 4.78 is 17.5. The fraction of sp³-hybridized carbons (Fsp3) is 0.762. The van der Waals surface area contributed by atoms with E-state index in [1.165, 1.54) is 0 Å². The van der Waals surface area contributed by atoms with Gasteiger partial charge < -0.3 is 14.2 Å². The Morgan fingerprint density at radius 2 is 2.20 bits per heavy atom. The molecule has 0 spiro atoms. The summed E-state index contributed by atoms with van der Waals surface area (Å²) in [6.45, 7) is 4.78. The first kappa shape index (κ1) is 18.5. The number of hydrogen-bond acceptors (Lipinski definition) is 4. The molecule has 0 aromatic carbocycles. The standard InChI is InChI=1S/C21H30O4/c1-3-4-6-12-21(2,25-20-8-5-7-14-23-20)13-11-16-9-10-18-17(16)15-19(22)24-18/h11,13,16-18,20H,5-10,12,14-15H2,1-2H3/t16-,17-,18+,20?,21?/m1/s1. The van der Waals surface area contributed by atoms with E-state index >= 15 is 0 Å². The van der Waals surface area contributed by atoms with Crippen molar-refractivity contribution in [1.29, 1.82) is 0 Å². The molecule has 0 aromatic heterocycles. The van der Waals surface area contributed by atoms with Crippen LogP contribution in [-0.4, -0.2) is 30.6 Å². The van der Waals surface area contributed by atoms with E-state index in [-0.39, 0.29) is 24.0 Å². The number of ether oxygens (including phenoxy) is 3. The van der Waals surface area contributed by atoms with Gasteiger partial charge in [0.15, 0.2) is 6.29 Å². The Labute approximate surface area is 151 Å². The molecule has 25 heavy (non-hydrogen) atoms. The van der Waals surface area contributed by atoms with Crippen LogP contribution in [-0.2, 0) is 19.0 Å². The number of carbonyl (C=O) groups is 1. The van der Waals surface area contributed by atoms with Gasteiger partial charge in [-0.2, -0.15) is 0 Å². The molecule has 138 valence electrons. The van der Waals surface area contributed by atoms with E-state index < -0.39 is 0 Å². The van der Waals surface area contributed by atoms with Crippen molar-refractivity contribution in [2.24, 2.45) is 11.8 Å². The molecule has 2 unspecified atom stereocenters. The lowest BCUT2D eigenvalue weighted by Crippen LogP contribution is -2.35. The molecule has 0 amide bonds. The quantitative estimate of drug-likeness (QED) is 0.414. The van der Waals surface area contributed by atoms with Crippen molar-refractivity contribution in [2.75, 3.05) is 6.61 Å². The Kier molecular flexibility index (Phi) is 6.19. The second kappa shape index (κ2) is 8.38. The van der Waals surface area contributed by atoms with Gasteiger partial charge in [-0.1, -0.05) is 12.2 Å². The first-order valence-corrected chi connectivity index (χ1v) is 9.67. The largest absolute Gasteiger partial charge is 0.462 e. The smallest absolute Gasteiger partial charge is 0.306 e.